The first kappa shape index (κ1) is 19.7. The SMILES string of the molecule is CC/C(=C(\c1ccc(O)cc1)c1ccc(OCCN)cc1)c1ccc(C)cc1. The molecule has 0 aliphatic heterocycles. The van der Waals surface area contributed by atoms with Crippen molar-refractivity contribution in [1.29, 1.82) is 0 Å². The molecule has 0 heterocycles. The van der Waals surface area contributed by atoms with E-state index in [4.69, 9.17) is 10.5 Å². The van der Waals surface area contributed by atoms with Crippen LogP contribution in [0.5, 0.6) is 11.5 Å². The Morgan fingerprint density at radius 3 is 1.89 bits per heavy atom. The summed E-state index contributed by atoms with van der Waals surface area (Å²) in [5, 5.41) is 9.73. The first-order valence-electron chi connectivity index (χ1n) is 9.65. The fourth-order valence-corrected chi connectivity index (χ4v) is 3.32. The number of ether oxygens (including phenoxy) is 1. The van der Waals surface area contributed by atoms with Gasteiger partial charge in [-0.05, 0) is 65.4 Å². The molecule has 3 rings (SSSR count). The van der Waals surface area contributed by atoms with Crippen LogP contribution in [0, 0.1) is 6.92 Å². The maximum Gasteiger partial charge on any atom is 0.119 e. The third kappa shape index (κ3) is 4.62. The molecule has 28 heavy (non-hydrogen) atoms. The lowest BCUT2D eigenvalue weighted by molar-refractivity contribution is 0.328. The number of phenolic OH excluding ortho intramolecular Hbond substituents is 1. The molecule has 0 unspecified atom stereocenters. The van der Waals surface area contributed by atoms with Crippen LogP contribution in [0.4, 0.5) is 0 Å². The average molecular weight is 373 g/mol. The van der Waals surface area contributed by atoms with E-state index in [2.05, 4.69) is 50.2 Å². The largest absolute Gasteiger partial charge is 0.508 e. The predicted molar refractivity (Wildman–Crippen MR) is 116 cm³/mol. The van der Waals surface area contributed by atoms with E-state index >= 15 is 0 Å². The highest BCUT2D eigenvalue weighted by Gasteiger charge is 2.13. The predicted octanol–water partition coefficient (Wildman–Crippen LogP) is 5.41. The first-order valence-corrected chi connectivity index (χ1v) is 9.65. The van der Waals surface area contributed by atoms with Crippen LogP contribution in [0.1, 0.15) is 35.6 Å². The summed E-state index contributed by atoms with van der Waals surface area (Å²) >= 11 is 0. The van der Waals surface area contributed by atoms with Crippen molar-refractivity contribution in [2.24, 2.45) is 5.73 Å². The average Bonchev–Trinajstić information content (AvgIpc) is 2.73. The molecule has 3 heteroatoms. The van der Waals surface area contributed by atoms with Gasteiger partial charge in [-0.25, -0.2) is 0 Å². The second-order valence-corrected chi connectivity index (χ2v) is 6.78. The number of phenols is 1. The quantitative estimate of drug-likeness (QED) is 0.545. The highest BCUT2D eigenvalue weighted by molar-refractivity contribution is 5.98. The molecule has 0 bridgehead atoms. The second-order valence-electron chi connectivity index (χ2n) is 6.78. The number of hydrogen-bond donors (Lipinski definition) is 2. The Hall–Kier alpha value is -3.04. The molecular formula is C25H27NO2. The monoisotopic (exact) mass is 373 g/mol. The van der Waals surface area contributed by atoms with Crippen molar-refractivity contribution in [3.8, 4) is 11.5 Å². The summed E-state index contributed by atoms with van der Waals surface area (Å²) in [6, 6.07) is 24.2. The van der Waals surface area contributed by atoms with E-state index in [9.17, 15) is 5.11 Å². The van der Waals surface area contributed by atoms with Gasteiger partial charge in [-0.15, -0.1) is 0 Å². The maximum absolute atomic E-state index is 9.73. The fraction of sp³-hybridized carbons (Fsp3) is 0.200. The van der Waals surface area contributed by atoms with Crippen molar-refractivity contribution < 1.29 is 9.84 Å². The number of allylic oxidation sites excluding steroid dienone is 1. The van der Waals surface area contributed by atoms with E-state index in [-0.39, 0.29) is 5.75 Å². The van der Waals surface area contributed by atoms with Crippen LogP contribution in [0.3, 0.4) is 0 Å². The maximum atomic E-state index is 9.73. The summed E-state index contributed by atoms with van der Waals surface area (Å²) in [5.74, 6) is 1.08. The van der Waals surface area contributed by atoms with Crippen LogP contribution in [0.15, 0.2) is 72.8 Å². The number of aromatic hydroxyl groups is 1. The van der Waals surface area contributed by atoms with Gasteiger partial charge in [-0.2, -0.15) is 0 Å². The Bertz CT molecular complexity index is 924. The van der Waals surface area contributed by atoms with Gasteiger partial charge in [-0.1, -0.05) is 61.0 Å². The molecule has 0 aromatic heterocycles. The van der Waals surface area contributed by atoms with Crippen LogP contribution in [-0.4, -0.2) is 18.3 Å². The van der Waals surface area contributed by atoms with E-state index in [1.54, 1.807) is 12.1 Å². The van der Waals surface area contributed by atoms with Crippen LogP contribution in [0.25, 0.3) is 11.1 Å². The van der Waals surface area contributed by atoms with E-state index in [0.29, 0.717) is 13.2 Å². The Labute approximate surface area is 167 Å². The molecule has 3 aromatic rings. The van der Waals surface area contributed by atoms with Crippen LogP contribution in [-0.2, 0) is 0 Å². The molecule has 144 valence electrons. The molecule has 3 N–H and O–H groups in total. The molecule has 0 fully saturated rings. The summed E-state index contributed by atoms with van der Waals surface area (Å²) < 4.78 is 5.62. The fourth-order valence-electron chi connectivity index (χ4n) is 3.32. The van der Waals surface area contributed by atoms with Gasteiger partial charge in [-0.3, -0.25) is 0 Å². The van der Waals surface area contributed by atoms with Crippen molar-refractivity contribution in [2.75, 3.05) is 13.2 Å². The van der Waals surface area contributed by atoms with Gasteiger partial charge in [0.25, 0.3) is 0 Å². The van der Waals surface area contributed by atoms with Crippen molar-refractivity contribution in [2.45, 2.75) is 20.3 Å². The molecule has 0 spiro atoms. The lowest BCUT2D eigenvalue weighted by Crippen LogP contribution is -2.10. The van der Waals surface area contributed by atoms with Gasteiger partial charge in [0.05, 0.1) is 0 Å². The van der Waals surface area contributed by atoms with Crippen LogP contribution in [0.2, 0.25) is 0 Å². The first-order chi connectivity index (χ1) is 13.6. The molecule has 0 amide bonds. The minimum absolute atomic E-state index is 0.266. The highest BCUT2D eigenvalue weighted by Crippen LogP contribution is 2.35. The van der Waals surface area contributed by atoms with Gasteiger partial charge < -0.3 is 15.6 Å². The number of benzene rings is 3. The molecule has 0 saturated carbocycles. The summed E-state index contributed by atoms with van der Waals surface area (Å²) in [7, 11) is 0. The Balaban J connectivity index is 2.13. The zero-order chi connectivity index (χ0) is 19.9. The normalized spacial score (nSPS) is 11.8. The van der Waals surface area contributed by atoms with E-state index in [0.717, 1.165) is 28.9 Å². The van der Waals surface area contributed by atoms with Gasteiger partial charge in [0, 0.05) is 6.54 Å². The number of rotatable bonds is 7. The molecule has 0 atom stereocenters. The van der Waals surface area contributed by atoms with E-state index < -0.39 is 0 Å². The Kier molecular flexibility index (Phi) is 6.51. The summed E-state index contributed by atoms with van der Waals surface area (Å²) in [4.78, 5) is 0. The Morgan fingerprint density at radius 1 is 0.821 bits per heavy atom. The lowest BCUT2D eigenvalue weighted by Gasteiger charge is -2.17. The minimum atomic E-state index is 0.266. The minimum Gasteiger partial charge on any atom is -0.508 e. The standard InChI is InChI=1S/C25H27NO2/c1-3-24(19-6-4-18(2)5-7-19)25(20-8-12-22(27)13-9-20)21-10-14-23(15-11-21)28-17-16-26/h4-15,27H,3,16-17,26H2,1-2H3/b25-24-. The number of nitrogens with two attached hydrogens (primary N) is 1. The van der Waals surface area contributed by atoms with Crippen molar-refractivity contribution >= 4 is 11.1 Å². The third-order valence-electron chi connectivity index (χ3n) is 4.74. The molecule has 0 aliphatic rings. The summed E-state index contributed by atoms with van der Waals surface area (Å²) in [6.07, 6.45) is 0.894. The molecule has 0 aliphatic carbocycles. The molecule has 0 saturated heterocycles. The van der Waals surface area contributed by atoms with E-state index in [1.807, 2.05) is 24.3 Å². The molecule has 3 aromatic carbocycles. The van der Waals surface area contributed by atoms with Gasteiger partial charge in [0.15, 0.2) is 0 Å². The molecule has 3 nitrogen and oxygen atoms in total. The van der Waals surface area contributed by atoms with Gasteiger partial charge in [0.2, 0.25) is 0 Å². The zero-order valence-electron chi connectivity index (χ0n) is 16.5. The second kappa shape index (κ2) is 9.25. The molecule has 0 radical (unpaired) electrons. The number of aryl methyl sites for hydroxylation is 1. The van der Waals surface area contributed by atoms with Gasteiger partial charge in [0.1, 0.15) is 18.1 Å². The highest BCUT2D eigenvalue weighted by atomic mass is 16.5. The number of hydrogen-bond acceptors (Lipinski definition) is 3. The summed E-state index contributed by atoms with van der Waals surface area (Å²) in [6.45, 7) is 5.27. The van der Waals surface area contributed by atoms with Crippen molar-refractivity contribution in [1.82, 2.24) is 0 Å². The van der Waals surface area contributed by atoms with E-state index in [1.165, 1.54) is 16.7 Å². The van der Waals surface area contributed by atoms with Crippen LogP contribution >= 0.6 is 0 Å². The topological polar surface area (TPSA) is 55.5 Å². The van der Waals surface area contributed by atoms with Crippen molar-refractivity contribution in [3.05, 3.63) is 95.1 Å². The lowest BCUT2D eigenvalue weighted by atomic mass is 9.88. The van der Waals surface area contributed by atoms with Crippen molar-refractivity contribution in [3.63, 3.8) is 0 Å². The zero-order valence-corrected chi connectivity index (χ0v) is 16.5. The third-order valence-corrected chi connectivity index (χ3v) is 4.74. The van der Waals surface area contributed by atoms with Crippen LogP contribution < -0.4 is 10.5 Å². The Morgan fingerprint density at radius 2 is 1.36 bits per heavy atom. The smallest absolute Gasteiger partial charge is 0.119 e. The molecular weight excluding hydrogens is 346 g/mol. The van der Waals surface area contributed by atoms with Gasteiger partial charge >= 0.3 is 0 Å². The summed E-state index contributed by atoms with van der Waals surface area (Å²) in [5.41, 5.74) is 12.6.